The van der Waals surface area contributed by atoms with Gasteiger partial charge in [-0.3, -0.25) is 9.59 Å². The molecule has 0 aromatic carbocycles. The molecule has 0 saturated heterocycles. The number of ether oxygens (including phenoxy) is 1. The summed E-state index contributed by atoms with van der Waals surface area (Å²) in [5.74, 6) is -0.888. The summed E-state index contributed by atoms with van der Waals surface area (Å²) in [7, 11) is 0. The van der Waals surface area contributed by atoms with Crippen LogP contribution in [0.25, 0.3) is 0 Å². The van der Waals surface area contributed by atoms with E-state index in [1.807, 2.05) is 0 Å². The van der Waals surface area contributed by atoms with Gasteiger partial charge in [0, 0.05) is 6.92 Å². The Morgan fingerprint density at radius 1 is 1.50 bits per heavy atom. The molecule has 3 N–H and O–H groups in total. The van der Waals surface area contributed by atoms with Crippen LogP contribution in [0.2, 0.25) is 0 Å². The van der Waals surface area contributed by atoms with E-state index in [0.29, 0.717) is 0 Å². The summed E-state index contributed by atoms with van der Waals surface area (Å²) in [5.41, 5.74) is 5.33. The zero-order valence-electron chi connectivity index (χ0n) is 7.11. The number of hydrogen-bond donors (Lipinski definition) is 2. The second-order valence-electron chi connectivity index (χ2n) is 2.47. The van der Waals surface area contributed by atoms with Crippen LogP contribution in [0.4, 0.5) is 0 Å². The van der Waals surface area contributed by atoms with Crippen molar-refractivity contribution in [3.63, 3.8) is 0 Å². The second-order valence-corrected chi connectivity index (χ2v) is 2.47. The summed E-state index contributed by atoms with van der Waals surface area (Å²) < 4.78 is 4.59. The van der Waals surface area contributed by atoms with Gasteiger partial charge in [-0.2, -0.15) is 0 Å². The van der Waals surface area contributed by atoms with Gasteiger partial charge in [0.25, 0.3) is 0 Å². The molecule has 0 radical (unpaired) electrons. The molecule has 0 aromatic rings. The van der Waals surface area contributed by atoms with Crippen molar-refractivity contribution in [2.75, 3.05) is 6.61 Å². The smallest absolute Gasteiger partial charge is 0.303 e. The third-order valence-corrected chi connectivity index (χ3v) is 1.37. The maximum absolute atomic E-state index is 10.7. The van der Waals surface area contributed by atoms with Crippen molar-refractivity contribution >= 4 is 11.8 Å². The summed E-state index contributed by atoms with van der Waals surface area (Å²) in [6, 6.07) is -0.945. The molecule has 0 aliphatic rings. The minimum atomic E-state index is -0.945. The number of aliphatic hydroxyl groups is 1. The number of hydrogen-bond acceptors (Lipinski definition) is 5. The highest BCUT2D eigenvalue weighted by Crippen LogP contribution is 1.98. The van der Waals surface area contributed by atoms with Gasteiger partial charge in [-0.25, -0.2) is 0 Å². The molecule has 0 aliphatic heterocycles. The number of esters is 1. The van der Waals surface area contributed by atoms with Gasteiger partial charge in [-0.15, -0.1) is 0 Å². The number of carbonyl (C=O) groups excluding carboxylic acids is 2. The molecule has 0 aromatic heterocycles. The van der Waals surface area contributed by atoms with E-state index in [4.69, 9.17) is 10.8 Å². The molecule has 0 fully saturated rings. The number of nitrogens with two attached hydrogens (primary N) is 1. The molecule has 12 heavy (non-hydrogen) atoms. The average molecular weight is 175 g/mol. The first-order valence-corrected chi connectivity index (χ1v) is 3.53. The molecule has 5 nitrogen and oxygen atoms in total. The first-order chi connectivity index (χ1) is 5.49. The molecule has 5 heteroatoms. The Labute approximate surface area is 70.5 Å². The number of rotatable bonds is 4. The quantitative estimate of drug-likeness (QED) is 0.525. The monoisotopic (exact) mass is 175 g/mol. The lowest BCUT2D eigenvalue weighted by atomic mass is 10.1. The SMILES string of the molecule is CC(=O)OC(CO)C(N)C(C)=O. The van der Waals surface area contributed by atoms with Crippen LogP contribution < -0.4 is 5.73 Å². The van der Waals surface area contributed by atoms with Crippen LogP contribution in [-0.4, -0.2) is 35.6 Å². The third kappa shape index (κ3) is 3.45. The first kappa shape index (κ1) is 11.1. The molecule has 0 aliphatic carbocycles. The number of carbonyl (C=O) groups is 2. The second kappa shape index (κ2) is 4.84. The van der Waals surface area contributed by atoms with E-state index in [-0.39, 0.29) is 5.78 Å². The molecular formula is C7H13NO4. The highest BCUT2D eigenvalue weighted by molar-refractivity contribution is 5.82. The molecule has 0 heterocycles. The van der Waals surface area contributed by atoms with Gasteiger partial charge in [0.1, 0.15) is 17.9 Å². The normalized spacial score (nSPS) is 15.0. The molecule has 2 unspecified atom stereocenters. The Morgan fingerprint density at radius 2 is 2.00 bits per heavy atom. The zero-order valence-corrected chi connectivity index (χ0v) is 7.11. The Morgan fingerprint density at radius 3 is 2.25 bits per heavy atom. The predicted octanol–water partition coefficient (Wildman–Crippen LogP) is -1.17. The van der Waals surface area contributed by atoms with Crippen LogP contribution in [0.3, 0.4) is 0 Å². The largest absolute Gasteiger partial charge is 0.458 e. The minimum absolute atomic E-state index is 0.324. The van der Waals surface area contributed by atoms with E-state index in [1.54, 1.807) is 0 Å². The molecular weight excluding hydrogens is 162 g/mol. The fourth-order valence-corrected chi connectivity index (χ4v) is 0.699. The molecule has 0 saturated carbocycles. The lowest BCUT2D eigenvalue weighted by Crippen LogP contribution is -2.45. The summed E-state index contributed by atoms with van der Waals surface area (Å²) >= 11 is 0. The Hall–Kier alpha value is -0.940. The van der Waals surface area contributed by atoms with Crippen molar-refractivity contribution in [3.8, 4) is 0 Å². The molecule has 0 bridgehead atoms. The maximum Gasteiger partial charge on any atom is 0.303 e. The van der Waals surface area contributed by atoms with E-state index >= 15 is 0 Å². The van der Waals surface area contributed by atoms with Gasteiger partial charge in [-0.05, 0) is 6.92 Å². The molecule has 0 spiro atoms. The van der Waals surface area contributed by atoms with Crippen LogP contribution >= 0.6 is 0 Å². The summed E-state index contributed by atoms with van der Waals surface area (Å²) in [4.78, 5) is 21.1. The zero-order chi connectivity index (χ0) is 9.72. The van der Waals surface area contributed by atoms with Crippen molar-refractivity contribution in [1.29, 1.82) is 0 Å². The van der Waals surface area contributed by atoms with Gasteiger partial charge < -0.3 is 15.6 Å². The molecule has 0 amide bonds. The van der Waals surface area contributed by atoms with Crippen LogP contribution in [0.5, 0.6) is 0 Å². The van der Waals surface area contributed by atoms with E-state index in [9.17, 15) is 9.59 Å². The van der Waals surface area contributed by atoms with Crippen molar-refractivity contribution in [3.05, 3.63) is 0 Å². The van der Waals surface area contributed by atoms with Crippen LogP contribution in [0.15, 0.2) is 0 Å². The van der Waals surface area contributed by atoms with Gasteiger partial charge in [-0.1, -0.05) is 0 Å². The van der Waals surface area contributed by atoms with Crippen LogP contribution in [0.1, 0.15) is 13.8 Å². The lowest BCUT2D eigenvalue weighted by molar-refractivity contribution is -0.150. The Balaban J connectivity index is 4.14. The molecule has 2 atom stereocenters. The van der Waals surface area contributed by atoms with Crippen molar-refractivity contribution < 1.29 is 19.4 Å². The summed E-state index contributed by atoms with van der Waals surface area (Å²) in [6.45, 7) is 2.02. The highest BCUT2D eigenvalue weighted by atomic mass is 16.6. The lowest BCUT2D eigenvalue weighted by Gasteiger charge is -2.18. The van der Waals surface area contributed by atoms with Crippen molar-refractivity contribution in [2.45, 2.75) is 26.0 Å². The number of aliphatic hydroxyl groups excluding tert-OH is 1. The van der Waals surface area contributed by atoms with Crippen LogP contribution in [0, 0.1) is 0 Å². The molecule has 70 valence electrons. The van der Waals surface area contributed by atoms with Crippen molar-refractivity contribution in [2.24, 2.45) is 5.73 Å². The average Bonchev–Trinajstić information content (AvgIpc) is 1.98. The van der Waals surface area contributed by atoms with Gasteiger partial charge in [0.05, 0.1) is 6.61 Å². The summed E-state index contributed by atoms with van der Waals surface area (Å²) in [5, 5.41) is 8.68. The maximum atomic E-state index is 10.7. The predicted molar refractivity (Wildman–Crippen MR) is 41.3 cm³/mol. The van der Waals surface area contributed by atoms with E-state index in [2.05, 4.69) is 4.74 Å². The Bertz CT molecular complexity index is 180. The molecule has 0 rings (SSSR count). The Kier molecular flexibility index (Phi) is 4.46. The fraction of sp³-hybridized carbons (Fsp3) is 0.714. The summed E-state index contributed by atoms with van der Waals surface area (Å²) in [6.07, 6.45) is -0.931. The third-order valence-electron chi connectivity index (χ3n) is 1.37. The van der Waals surface area contributed by atoms with Gasteiger partial charge >= 0.3 is 5.97 Å². The van der Waals surface area contributed by atoms with Crippen molar-refractivity contribution in [1.82, 2.24) is 0 Å². The van der Waals surface area contributed by atoms with Gasteiger partial charge in [0.15, 0.2) is 0 Å². The topological polar surface area (TPSA) is 89.6 Å². The van der Waals surface area contributed by atoms with Gasteiger partial charge in [0.2, 0.25) is 0 Å². The number of ketones is 1. The van der Waals surface area contributed by atoms with Crippen LogP contribution in [-0.2, 0) is 14.3 Å². The van der Waals surface area contributed by atoms with E-state index < -0.39 is 24.7 Å². The first-order valence-electron chi connectivity index (χ1n) is 3.53. The minimum Gasteiger partial charge on any atom is -0.458 e. The standard InChI is InChI=1S/C7H13NO4/c1-4(10)7(8)6(3-9)12-5(2)11/h6-7,9H,3,8H2,1-2H3. The highest BCUT2D eigenvalue weighted by Gasteiger charge is 2.23. The number of Topliss-reactive ketones (excluding diaryl/α,β-unsaturated/α-hetero) is 1. The fourth-order valence-electron chi connectivity index (χ4n) is 0.699. The van der Waals surface area contributed by atoms with E-state index in [1.165, 1.54) is 13.8 Å². The van der Waals surface area contributed by atoms with E-state index in [0.717, 1.165) is 0 Å².